The largest absolute Gasteiger partial charge is 0.493 e. The van der Waals surface area contributed by atoms with Crippen LogP contribution in [0.4, 0.5) is 9.39 Å². The van der Waals surface area contributed by atoms with Crippen molar-refractivity contribution in [1.82, 2.24) is 9.78 Å². The molecule has 11 heteroatoms. The second-order valence-electron chi connectivity index (χ2n) is 8.07. The average Bonchev–Trinajstić information content (AvgIpc) is 3.58. The van der Waals surface area contributed by atoms with Crippen molar-refractivity contribution in [3.8, 4) is 28.8 Å². The van der Waals surface area contributed by atoms with Crippen molar-refractivity contribution >= 4 is 34.3 Å². The molecule has 0 aliphatic rings. The molecule has 9 nitrogen and oxygen atoms in total. The Hall–Kier alpha value is -4.95. The summed E-state index contributed by atoms with van der Waals surface area (Å²) in [5.74, 6) is -0.741. The van der Waals surface area contributed by atoms with Crippen molar-refractivity contribution in [1.29, 1.82) is 5.26 Å². The van der Waals surface area contributed by atoms with E-state index in [0.29, 0.717) is 33.9 Å². The van der Waals surface area contributed by atoms with Crippen LogP contribution in [-0.2, 0) is 16.1 Å². The minimum absolute atomic E-state index is 0.118. The highest BCUT2D eigenvalue weighted by Crippen LogP contribution is 2.34. The van der Waals surface area contributed by atoms with Crippen molar-refractivity contribution in [3.63, 3.8) is 0 Å². The Morgan fingerprint density at radius 3 is 2.59 bits per heavy atom. The lowest BCUT2D eigenvalue weighted by Gasteiger charge is -2.09. The molecule has 0 radical (unpaired) electrons. The number of methoxy groups -OCH3 is 3. The number of nitrogens with zero attached hydrogens (tertiary/aromatic N) is 3. The lowest BCUT2D eigenvalue weighted by molar-refractivity contribution is -0.112. The molecule has 0 spiro atoms. The zero-order chi connectivity index (χ0) is 27.9. The molecule has 0 unspecified atom stereocenters. The Labute approximate surface area is 227 Å². The van der Waals surface area contributed by atoms with Gasteiger partial charge in [-0.05, 0) is 41.8 Å². The van der Waals surface area contributed by atoms with Crippen LogP contribution in [0, 0.1) is 17.1 Å². The number of ether oxygens (including phenoxy) is 3. The number of anilines is 1. The second kappa shape index (κ2) is 12.1. The molecule has 198 valence electrons. The standard InChI is InChI=1S/C28H23FN4O5S/c1-36-23-9-8-17(13-24(23)37-2)25-20(16-33(32-25)15-18-6-4-5-7-22(18)29)12-19(14-30)26(34)31-27-21(10-11-39-27)28(35)38-3/h4-13,16H,15H2,1-3H3,(H,31,34). The monoisotopic (exact) mass is 546 g/mol. The van der Waals surface area contributed by atoms with E-state index in [1.54, 1.807) is 48.0 Å². The van der Waals surface area contributed by atoms with Crippen molar-refractivity contribution in [3.05, 3.63) is 88.2 Å². The molecule has 0 atom stereocenters. The molecule has 39 heavy (non-hydrogen) atoms. The van der Waals surface area contributed by atoms with Gasteiger partial charge in [0, 0.05) is 22.9 Å². The van der Waals surface area contributed by atoms with Gasteiger partial charge in [0.25, 0.3) is 5.91 Å². The summed E-state index contributed by atoms with van der Waals surface area (Å²) >= 11 is 1.12. The first-order chi connectivity index (χ1) is 18.9. The van der Waals surface area contributed by atoms with Gasteiger partial charge in [0.05, 0.1) is 39.1 Å². The first-order valence-electron chi connectivity index (χ1n) is 11.5. The Morgan fingerprint density at radius 2 is 1.90 bits per heavy atom. The normalized spacial score (nSPS) is 11.0. The molecule has 0 aliphatic heterocycles. The first-order valence-corrected chi connectivity index (χ1v) is 12.4. The highest BCUT2D eigenvalue weighted by atomic mass is 32.1. The van der Waals surface area contributed by atoms with Gasteiger partial charge in [0.15, 0.2) is 11.5 Å². The molecule has 0 aliphatic carbocycles. The molecule has 2 aromatic heterocycles. The Balaban J connectivity index is 1.75. The van der Waals surface area contributed by atoms with Crippen molar-refractivity contribution in [2.24, 2.45) is 0 Å². The maximum atomic E-state index is 14.3. The van der Waals surface area contributed by atoms with E-state index in [0.717, 1.165) is 11.3 Å². The summed E-state index contributed by atoms with van der Waals surface area (Å²) in [6.07, 6.45) is 3.01. The zero-order valence-electron chi connectivity index (χ0n) is 21.2. The molecule has 2 aromatic carbocycles. The highest BCUT2D eigenvalue weighted by Gasteiger charge is 2.20. The summed E-state index contributed by atoms with van der Waals surface area (Å²) in [5, 5.41) is 18.9. The van der Waals surface area contributed by atoms with Crippen LogP contribution >= 0.6 is 11.3 Å². The van der Waals surface area contributed by atoms with Gasteiger partial charge in [-0.3, -0.25) is 9.48 Å². The Kier molecular flexibility index (Phi) is 8.38. The first kappa shape index (κ1) is 27.1. The van der Waals surface area contributed by atoms with Crippen LogP contribution in [0.2, 0.25) is 0 Å². The van der Waals surface area contributed by atoms with Crippen LogP contribution < -0.4 is 14.8 Å². The number of nitriles is 1. The van der Waals surface area contributed by atoms with Crippen molar-refractivity contribution in [2.45, 2.75) is 6.54 Å². The van der Waals surface area contributed by atoms with Gasteiger partial charge in [-0.2, -0.15) is 10.4 Å². The summed E-state index contributed by atoms with van der Waals surface area (Å²) in [5.41, 5.74) is 1.85. The number of hydrogen-bond donors (Lipinski definition) is 1. The number of esters is 1. The molecule has 0 bridgehead atoms. The van der Waals surface area contributed by atoms with Crippen molar-refractivity contribution < 1.29 is 28.2 Å². The summed E-state index contributed by atoms with van der Waals surface area (Å²) in [7, 11) is 4.26. The fourth-order valence-corrected chi connectivity index (χ4v) is 4.55. The van der Waals surface area contributed by atoms with E-state index in [-0.39, 0.29) is 28.5 Å². The van der Waals surface area contributed by atoms with E-state index in [2.05, 4.69) is 10.4 Å². The van der Waals surface area contributed by atoms with Crippen LogP contribution in [-0.4, -0.2) is 43.0 Å². The zero-order valence-corrected chi connectivity index (χ0v) is 22.0. The van der Waals surface area contributed by atoms with E-state index >= 15 is 0 Å². The fourth-order valence-electron chi connectivity index (χ4n) is 3.78. The summed E-state index contributed by atoms with van der Waals surface area (Å²) in [6, 6.07) is 14.9. The minimum Gasteiger partial charge on any atom is -0.493 e. The van der Waals surface area contributed by atoms with Gasteiger partial charge < -0.3 is 19.5 Å². The lowest BCUT2D eigenvalue weighted by atomic mass is 10.1. The molecule has 4 rings (SSSR count). The quantitative estimate of drug-likeness (QED) is 0.175. The maximum Gasteiger partial charge on any atom is 0.340 e. The SMILES string of the molecule is COC(=O)c1ccsc1NC(=O)C(C#N)=Cc1cn(Cc2ccccc2F)nc1-c1ccc(OC)c(OC)c1. The van der Waals surface area contributed by atoms with E-state index < -0.39 is 11.9 Å². The van der Waals surface area contributed by atoms with E-state index in [1.165, 1.54) is 44.2 Å². The van der Waals surface area contributed by atoms with Crippen LogP contribution in [0.5, 0.6) is 11.5 Å². The minimum atomic E-state index is -0.717. The molecular weight excluding hydrogens is 523 g/mol. The van der Waals surface area contributed by atoms with Crippen LogP contribution in [0.25, 0.3) is 17.3 Å². The lowest BCUT2D eigenvalue weighted by Crippen LogP contribution is -2.15. The molecule has 1 N–H and O–H groups in total. The number of hydrogen-bond acceptors (Lipinski definition) is 8. The van der Waals surface area contributed by atoms with Crippen LogP contribution in [0.15, 0.2) is 65.7 Å². The van der Waals surface area contributed by atoms with Gasteiger partial charge >= 0.3 is 5.97 Å². The second-order valence-corrected chi connectivity index (χ2v) is 8.99. The number of halogens is 1. The third-order valence-electron chi connectivity index (χ3n) is 5.70. The number of aromatic nitrogens is 2. The number of thiophene rings is 1. The third-order valence-corrected chi connectivity index (χ3v) is 6.53. The topological polar surface area (TPSA) is 115 Å². The summed E-state index contributed by atoms with van der Waals surface area (Å²) in [6.45, 7) is 0.118. The highest BCUT2D eigenvalue weighted by molar-refractivity contribution is 7.14. The number of benzene rings is 2. The Bertz CT molecular complexity index is 1600. The van der Waals surface area contributed by atoms with E-state index in [9.17, 15) is 19.2 Å². The number of amides is 1. The van der Waals surface area contributed by atoms with E-state index in [4.69, 9.17) is 14.2 Å². The van der Waals surface area contributed by atoms with Gasteiger partial charge in [0.1, 0.15) is 22.5 Å². The third kappa shape index (κ3) is 5.97. The maximum absolute atomic E-state index is 14.3. The van der Waals surface area contributed by atoms with Gasteiger partial charge in [-0.25, -0.2) is 9.18 Å². The molecule has 4 aromatic rings. The number of carbonyl (C=O) groups excluding carboxylic acids is 2. The molecular formula is C28H23FN4O5S. The smallest absolute Gasteiger partial charge is 0.340 e. The molecule has 0 saturated heterocycles. The van der Waals surface area contributed by atoms with Gasteiger partial charge in [0.2, 0.25) is 0 Å². The number of carbonyl (C=O) groups is 2. The average molecular weight is 547 g/mol. The Morgan fingerprint density at radius 1 is 1.13 bits per heavy atom. The van der Waals surface area contributed by atoms with Gasteiger partial charge in [-0.1, -0.05) is 18.2 Å². The summed E-state index contributed by atoms with van der Waals surface area (Å²) in [4.78, 5) is 25.0. The molecule has 2 heterocycles. The van der Waals surface area contributed by atoms with Crippen LogP contribution in [0.1, 0.15) is 21.5 Å². The summed E-state index contributed by atoms with van der Waals surface area (Å²) < 4.78 is 31.3. The fraction of sp³-hybridized carbons (Fsp3) is 0.143. The molecule has 0 fully saturated rings. The van der Waals surface area contributed by atoms with Crippen LogP contribution in [0.3, 0.4) is 0 Å². The predicted molar refractivity (Wildman–Crippen MR) is 144 cm³/mol. The number of nitrogens with one attached hydrogen (secondary N) is 1. The van der Waals surface area contributed by atoms with Crippen molar-refractivity contribution in [2.75, 3.05) is 26.6 Å². The molecule has 0 saturated carbocycles. The van der Waals surface area contributed by atoms with Gasteiger partial charge in [-0.15, -0.1) is 11.3 Å². The number of rotatable bonds is 9. The predicted octanol–water partition coefficient (Wildman–Crippen LogP) is 5.15. The molecule has 1 amide bonds. The van der Waals surface area contributed by atoms with E-state index in [1.807, 2.05) is 6.07 Å².